The second-order valence-corrected chi connectivity index (χ2v) is 7.53. The van der Waals surface area contributed by atoms with Crippen LogP contribution >= 0.6 is 11.6 Å². The van der Waals surface area contributed by atoms with Crippen molar-refractivity contribution in [3.63, 3.8) is 0 Å². The topological polar surface area (TPSA) is 61.7 Å². The molecule has 1 unspecified atom stereocenters. The number of rotatable bonds is 4. The number of hydrogen-bond donors (Lipinski definition) is 2. The van der Waals surface area contributed by atoms with Crippen LogP contribution in [-0.4, -0.2) is 22.8 Å². The number of aliphatic imine (C=N–C) groups is 1. The lowest BCUT2D eigenvalue weighted by Crippen LogP contribution is -2.27. The molecule has 0 saturated carbocycles. The van der Waals surface area contributed by atoms with Crippen molar-refractivity contribution in [2.45, 2.75) is 25.8 Å². The maximum atomic E-state index is 13.0. The maximum absolute atomic E-state index is 13.0. The van der Waals surface area contributed by atoms with Crippen molar-refractivity contribution in [2.75, 3.05) is 5.32 Å². The third-order valence-electron chi connectivity index (χ3n) is 5.05. The van der Waals surface area contributed by atoms with Crippen LogP contribution in [0.25, 0.3) is 0 Å². The minimum absolute atomic E-state index is 0.149. The fraction of sp³-hybridized carbons (Fsp3) is 0.167. The lowest BCUT2D eigenvalue weighted by atomic mass is 10.00. The minimum atomic E-state index is -0.572. The summed E-state index contributed by atoms with van der Waals surface area (Å²) in [6.45, 7) is 2.11. The van der Waals surface area contributed by atoms with Crippen molar-refractivity contribution < 1.29 is 9.90 Å². The molecule has 1 aliphatic rings. The van der Waals surface area contributed by atoms with E-state index in [1.54, 1.807) is 36.4 Å². The van der Waals surface area contributed by atoms with Gasteiger partial charge in [-0.3, -0.25) is 9.79 Å². The van der Waals surface area contributed by atoms with Crippen LogP contribution in [0, 0.1) is 0 Å². The predicted octanol–water partition coefficient (Wildman–Crippen LogP) is 5.01. The molecule has 5 heteroatoms. The van der Waals surface area contributed by atoms with Gasteiger partial charge in [0.05, 0.1) is 11.4 Å². The zero-order valence-corrected chi connectivity index (χ0v) is 16.8. The SMILES string of the molecule is CCc1cccc(CC2N=C(c3ccc(O)cc3)c3cc(Cl)ccc3NC2=O)c1. The van der Waals surface area contributed by atoms with Gasteiger partial charge in [-0.2, -0.15) is 0 Å². The number of phenols is 1. The number of anilines is 1. The molecule has 0 saturated heterocycles. The summed E-state index contributed by atoms with van der Waals surface area (Å²) in [6.07, 6.45) is 1.44. The number of phenolic OH excluding ortho intramolecular Hbond substituents is 1. The minimum Gasteiger partial charge on any atom is -0.508 e. The summed E-state index contributed by atoms with van der Waals surface area (Å²) >= 11 is 6.24. The molecule has 4 rings (SSSR count). The molecule has 4 nitrogen and oxygen atoms in total. The summed E-state index contributed by atoms with van der Waals surface area (Å²) < 4.78 is 0. The van der Waals surface area contributed by atoms with Gasteiger partial charge in [0.25, 0.3) is 0 Å². The predicted molar refractivity (Wildman–Crippen MR) is 117 cm³/mol. The molecule has 0 radical (unpaired) electrons. The van der Waals surface area contributed by atoms with Gasteiger partial charge < -0.3 is 10.4 Å². The van der Waals surface area contributed by atoms with E-state index in [2.05, 4.69) is 24.4 Å². The van der Waals surface area contributed by atoms with Gasteiger partial charge in [0.15, 0.2) is 0 Å². The number of aryl methyl sites for hydroxylation is 1. The Bertz CT molecular complexity index is 1090. The molecule has 2 N–H and O–H groups in total. The van der Waals surface area contributed by atoms with Gasteiger partial charge in [0.1, 0.15) is 11.8 Å². The number of fused-ring (bicyclic) bond motifs is 1. The molecule has 146 valence electrons. The molecular weight excluding hydrogens is 384 g/mol. The molecular formula is C24H21ClN2O2. The summed E-state index contributed by atoms with van der Waals surface area (Å²) in [7, 11) is 0. The summed E-state index contributed by atoms with van der Waals surface area (Å²) in [5.74, 6) is 0.0284. The third kappa shape index (κ3) is 4.17. The first kappa shape index (κ1) is 19.2. The van der Waals surface area contributed by atoms with E-state index in [0.29, 0.717) is 22.8 Å². The summed E-state index contributed by atoms with van der Waals surface area (Å²) in [4.78, 5) is 17.8. The average Bonchev–Trinajstić information content (AvgIpc) is 2.85. The molecule has 0 bridgehead atoms. The van der Waals surface area contributed by atoms with E-state index in [0.717, 1.165) is 23.1 Å². The third-order valence-corrected chi connectivity index (χ3v) is 5.29. The molecule has 3 aromatic rings. The Kier molecular flexibility index (Phi) is 5.36. The van der Waals surface area contributed by atoms with E-state index in [4.69, 9.17) is 16.6 Å². The first-order valence-corrected chi connectivity index (χ1v) is 9.97. The Labute approximate surface area is 174 Å². The number of amides is 1. The van der Waals surface area contributed by atoms with Crippen LogP contribution in [0.5, 0.6) is 5.75 Å². The lowest BCUT2D eigenvalue weighted by molar-refractivity contribution is -0.117. The monoisotopic (exact) mass is 404 g/mol. The van der Waals surface area contributed by atoms with Gasteiger partial charge in [-0.05, 0) is 60.0 Å². The number of benzene rings is 3. The number of hydrogen-bond acceptors (Lipinski definition) is 3. The molecule has 0 aromatic heterocycles. The van der Waals surface area contributed by atoms with Crippen LogP contribution in [-0.2, 0) is 17.6 Å². The lowest BCUT2D eigenvalue weighted by Gasteiger charge is -2.12. The zero-order valence-electron chi connectivity index (χ0n) is 16.0. The molecule has 0 aliphatic carbocycles. The van der Waals surface area contributed by atoms with Gasteiger partial charge in [0, 0.05) is 22.6 Å². The zero-order chi connectivity index (χ0) is 20.4. The Morgan fingerprint density at radius 1 is 1.03 bits per heavy atom. The van der Waals surface area contributed by atoms with Gasteiger partial charge in [-0.15, -0.1) is 0 Å². The van der Waals surface area contributed by atoms with Crippen LogP contribution in [0.4, 0.5) is 5.69 Å². The number of nitrogens with zero attached hydrogens (tertiary/aromatic N) is 1. The van der Waals surface area contributed by atoms with Crippen molar-refractivity contribution in [1.29, 1.82) is 0 Å². The second-order valence-electron chi connectivity index (χ2n) is 7.10. The highest BCUT2D eigenvalue weighted by Gasteiger charge is 2.26. The van der Waals surface area contributed by atoms with Crippen LogP contribution in [0.3, 0.4) is 0 Å². The van der Waals surface area contributed by atoms with E-state index >= 15 is 0 Å². The molecule has 0 fully saturated rings. The van der Waals surface area contributed by atoms with Gasteiger partial charge >= 0.3 is 0 Å². The maximum Gasteiger partial charge on any atom is 0.249 e. The highest BCUT2D eigenvalue weighted by Crippen LogP contribution is 2.28. The number of carbonyl (C=O) groups excluding carboxylic acids is 1. The molecule has 0 spiro atoms. The van der Waals surface area contributed by atoms with Crippen LogP contribution in [0.1, 0.15) is 29.2 Å². The molecule has 1 aliphatic heterocycles. The van der Waals surface area contributed by atoms with Crippen LogP contribution < -0.4 is 5.32 Å². The first-order chi connectivity index (χ1) is 14.0. The Morgan fingerprint density at radius 2 is 1.79 bits per heavy atom. The Morgan fingerprint density at radius 3 is 2.55 bits per heavy atom. The summed E-state index contributed by atoms with van der Waals surface area (Å²) in [5.41, 5.74) is 5.24. The van der Waals surface area contributed by atoms with E-state index in [9.17, 15) is 9.90 Å². The van der Waals surface area contributed by atoms with Crippen molar-refractivity contribution >= 4 is 28.9 Å². The number of halogens is 1. The quantitative estimate of drug-likeness (QED) is 0.642. The highest BCUT2D eigenvalue weighted by atomic mass is 35.5. The molecule has 1 heterocycles. The summed E-state index contributed by atoms with van der Waals surface area (Å²) in [5, 5.41) is 13.2. The largest absolute Gasteiger partial charge is 0.508 e. The van der Waals surface area contributed by atoms with Gasteiger partial charge in [-0.25, -0.2) is 0 Å². The van der Waals surface area contributed by atoms with Crippen molar-refractivity contribution in [2.24, 2.45) is 4.99 Å². The number of aromatic hydroxyl groups is 1. The summed E-state index contributed by atoms with van der Waals surface area (Å²) in [6, 6.07) is 19.8. The van der Waals surface area contributed by atoms with Crippen molar-refractivity contribution in [1.82, 2.24) is 0 Å². The van der Waals surface area contributed by atoms with E-state index < -0.39 is 6.04 Å². The van der Waals surface area contributed by atoms with E-state index in [1.165, 1.54) is 5.56 Å². The van der Waals surface area contributed by atoms with Crippen molar-refractivity contribution in [3.8, 4) is 5.75 Å². The number of nitrogens with one attached hydrogen (secondary N) is 1. The van der Waals surface area contributed by atoms with Gasteiger partial charge in [0.2, 0.25) is 5.91 Å². The number of benzodiazepines with no additional fused rings is 1. The molecule has 1 amide bonds. The second kappa shape index (κ2) is 8.10. The molecule has 3 aromatic carbocycles. The molecule has 1 atom stereocenters. The van der Waals surface area contributed by atoms with Gasteiger partial charge in [-0.1, -0.05) is 42.8 Å². The fourth-order valence-electron chi connectivity index (χ4n) is 3.51. The molecule has 29 heavy (non-hydrogen) atoms. The smallest absolute Gasteiger partial charge is 0.249 e. The van der Waals surface area contributed by atoms with Crippen LogP contribution in [0.15, 0.2) is 71.7 Å². The number of carbonyl (C=O) groups is 1. The normalized spacial score (nSPS) is 15.9. The average molecular weight is 405 g/mol. The Balaban J connectivity index is 1.80. The Hall–Kier alpha value is -3.11. The fourth-order valence-corrected chi connectivity index (χ4v) is 3.68. The first-order valence-electron chi connectivity index (χ1n) is 9.59. The van der Waals surface area contributed by atoms with Crippen molar-refractivity contribution in [3.05, 3.63) is 94.0 Å². The van der Waals surface area contributed by atoms with Crippen LogP contribution in [0.2, 0.25) is 5.02 Å². The van der Waals surface area contributed by atoms with E-state index in [1.807, 2.05) is 18.2 Å². The highest BCUT2D eigenvalue weighted by molar-refractivity contribution is 6.32. The van der Waals surface area contributed by atoms with E-state index in [-0.39, 0.29) is 11.7 Å². The standard InChI is InChI=1S/C24H21ClN2O2/c1-2-15-4-3-5-16(12-15)13-22-24(29)27-21-11-8-18(25)14-20(21)23(26-22)17-6-9-19(28)10-7-17/h3-12,14,22,28H,2,13H2,1H3,(H,27,29).